The van der Waals surface area contributed by atoms with Crippen LogP contribution in [0.15, 0.2) is 24.3 Å². The maximum Gasteiger partial charge on any atom is 0.410 e. The summed E-state index contributed by atoms with van der Waals surface area (Å²) in [4.78, 5) is 30.3. The second-order valence-electron chi connectivity index (χ2n) is 8.21. The average molecular weight is 457 g/mol. The van der Waals surface area contributed by atoms with Crippen molar-refractivity contribution in [2.24, 2.45) is 0 Å². The molecule has 3 heterocycles. The van der Waals surface area contributed by atoms with Crippen LogP contribution < -0.4 is 15.5 Å². The molecule has 2 aliphatic heterocycles. The minimum absolute atomic E-state index is 0.0477. The van der Waals surface area contributed by atoms with Crippen LogP contribution in [0.4, 0.5) is 15.5 Å². The van der Waals surface area contributed by atoms with Crippen LogP contribution in [-0.2, 0) is 17.7 Å². The first kappa shape index (κ1) is 22.5. The van der Waals surface area contributed by atoms with Crippen LogP contribution in [0.3, 0.4) is 0 Å². The van der Waals surface area contributed by atoms with Gasteiger partial charge in [0, 0.05) is 30.2 Å². The van der Waals surface area contributed by atoms with Crippen molar-refractivity contribution in [1.82, 2.24) is 10.2 Å². The van der Waals surface area contributed by atoms with E-state index in [1.807, 2.05) is 6.92 Å². The number of rotatable bonds is 7. The molecule has 2 amide bonds. The Kier molecular flexibility index (Phi) is 6.89. The Hall–Kier alpha value is -2.74. The number of carbonyl (C=O) groups is 2. The van der Waals surface area contributed by atoms with Crippen molar-refractivity contribution in [2.45, 2.75) is 52.7 Å². The molecule has 0 saturated heterocycles. The smallest absolute Gasteiger partial charge is 0.410 e. The molecule has 0 saturated carbocycles. The lowest BCUT2D eigenvalue weighted by molar-refractivity contribution is 0.0934. The molecule has 0 aliphatic carbocycles. The first-order chi connectivity index (χ1) is 15.5. The number of hydrogen-bond donors (Lipinski definition) is 2. The van der Waals surface area contributed by atoms with Gasteiger partial charge in [-0.25, -0.2) is 4.79 Å². The van der Waals surface area contributed by atoms with E-state index in [2.05, 4.69) is 53.6 Å². The number of nitrogens with zero attached hydrogens (tertiary/aromatic N) is 2. The Bertz CT molecular complexity index is 966. The van der Waals surface area contributed by atoms with Crippen LogP contribution in [0, 0.1) is 0 Å². The fourth-order valence-corrected chi connectivity index (χ4v) is 5.73. The van der Waals surface area contributed by atoms with Crippen molar-refractivity contribution in [3.8, 4) is 0 Å². The Labute approximate surface area is 193 Å². The van der Waals surface area contributed by atoms with Crippen molar-refractivity contribution in [1.29, 1.82) is 0 Å². The molecule has 2 aromatic rings. The molecule has 1 aromatic carbocycles. The van der Waals surface area contributed by atoms with E-state index in [1.165, 1.54) is 5.69 Å². The lowest BCUT2D eigenvalue weighted by Gasteiger charge is -2.29. The van der Waals surface area contributed by atoms with Crippen molar-refractivity contribution < 1.29 is 14.3 Å². The molecule has 172 valence electrons. The van der Waals surface area contributed by atoms with Gasteiger partial charge in [-0.05, 0) is 49.4 Å². The largest absolute Gasteiger partial charge is 0.450 e. The van der Waals surface area contributed by atoms with Crippen LogP contribution in [0.1, 0.15) is 66.1 Å². The third kappa shape index (κ3) is 4.41. The van der Waals surface area contributed by atoms with Gasteiger partial charge < -0.3 is 25.2 Å². The Balaban J connectivity index is 1.51. The molecule has 0 fully saturated rings. The normalized spacial score (nSPS) is 17.2. The topological polar surface area (TPSA) is 73.9 Å². The Morgan fingerprint density at radius 3 is 2.53 bits per heavy atom. The van der Waals surface area contributed by atoms with Crippen molar-refractivity contribution >= 4 is 34.0 Å². The van der Waals surface area contributed by atoms with Crippen molar-refractivity contribution in [3.05, 3.63) is 45.8 Å². The third-order valence-corrected chi connectivity index (χ3v) is 7.09. The van der Waals surface area contributed by atoms with Gasteiger partial charge in [0.1, 0.15) is 11.2 Å². The quantitative estimate of drug-likeness (QED) is 0.629. The van der Waals surface area contributed by atoms with Crippen LogP contribution in [0.5, 0.6) is 0 Å². The van der Waals surface area contributed by atoms with E-state index in [1.54, 1.807) is 16.2 Å². The first-order valence-electron chi connectivity index (χ1n) is 11.5. The average Bonchev–Trinajstić information content (AvgIpc) is 3.17. The molecular weight excluding hydrogens is 424 g/mol. The Morgan fingerprint density at radius 1 is 1.16 bits per heavy atom. The molecule has 32 heavy (non-hydrogen) atoms. The van der Waals surface area contributed by atoms with Crippen molar-refractivity contribution in [2.75, 3.05) is 36.5 Å². The molecule has 0 spiro atoms. The first-order valence-corrected chi connectivity index (χ1v) is 12.4. The minimum Gasteiger partial charge on any atom is -0.450 e. The van der Waals surface area contributed by atoms with Gasteiger partial charge in [0.15, 0.2) is 0 Å². The highest BCUT2D eigenvalue weighted by Crippen LogP contribution is 2.41. The summed E-state index contributed by atoms with van der Waals surface area (Å²) in [6, 6.07) is 8.46. The van der Waals surface area contributed by atoms with Gasteiger partial charge in [-0.1, -0.05) is 26.0 Å². The summed E-state index contributed by atoms with van der Waals surface area (Å²) in [5.41, 5.74) is 4.03. The van der Waals surface area contributed by atoms with Gasteiger partial charge in [0.2, 0.25) is 0 Å². The predicted octanol–water partition coefficient (Wildman–Crippen LogP) is 4.74. The predicted molar refractivity (Wildman–Crippen MR) is 129 cm³/mol. The molecule has 2 aliphatic rings. The molecule has 8 heteroatoms. The summed E-state index contributed by atoms with van der Waals surface area (Å²) in [6.07, 6.45) is 2.33. The summed E-state index contributed by atoms with van der Waals surface area (Å²) >= 11 is 1.57. The van der Waals surface area contributed by atoms with Gasteiger partial charge in [-0.3, -0.25) is 4.79 Å². The van der Waals surface area contributed by atoms with E-state index in [-0.39, 0.29) is 18.2 Å². The zero-order chi connectivity index (χ0) is 22.7. The van der Waals surface area contributed by atoms with E-state index in [4.69, 9.17) is 4.74 Å². The highest BCUT2D eigenvalue weighted by molar-refractivity contribution is 7.16. The van der Waals surface area contributed by atoms with E-state index < -0.39 is 0 Å². The maximum absolute atomic E-state index is 13.0. The summed E-state index contributed by atoms with van der Waals surface area (Å²) in [7, 11) is 0. The monoisotopic (exact) mass is 456 g/mol. The number of fused-ring (bicyclic) bond motifs is 3. The summed E-state index contributed by atoms with van der Waals surface area (Å²) in [6.45, 7) is 9.71. The molecule has 0 radical (unpaired) electrons. The second-order valence-corrected chi connectivity index (χ2v) is 9.31. The number of benzene rings is 1. The summed E-state index contributed by atoms with van der Waals surface area (Å²) in [5, 5.41) is 7.51. The highest BCUT2D eigenvalue weighted by atomic mass is 32.1. The third-order valence-electron chi connectivity index (χ3n) is 5.94. The molecule has 1 atom stereocenters. The van der Waals surface area contributed by atoms with Gasteiger partial charge in [0.05, 0.1) is 18.7 Å². The van der Waals surface area contributed by atoms with E-state index in [9.17, 15) is 9.59 Å². The van der Waals surface area contributed by atoms with Crippen molar-refractivity contribution in [3.63, 3.8) is 0 Å². The lowest BCUT2D eigenvalue weighted by Crippen LogP contribution is -2.39. The van der Waals surface area contributed by atoms with E-state index >= 15 is 0 Å². The zero-order valence-electron chi connectivity index (χ0n) is 19.1. The molecule has 4 rings (SSSR count). The van der Waals surface area contributed by atoms with E-state index in [0.29, 0.717) is 26.1 Å². The second kappa shape index (κ2) is 9.81. The fraction of sp³-hybridized carbons (Fsp3) is 0.500. The van der Waals surface area contributed by atoms with Crippen LogP contribution in [-0.4, -0.2) is 43.1 Å². The van der Waals surface area contributed by atoms with Crippen LogP contribution >= 0.6 is 11.3 Å². The number of anilines is 2. The number of ether oxygens (including phenoxy) is 1. The van der Waals surface area contributed by atoms with E-state index in [0.717, 1.165) is 52.5 Å². The number of hydrogen-bond acceptors (Lipinski definition) is 6. The highest BCUT2D eigenvalue weighted by Gasteiger charge is 2.34. The molecule has 0 unspecified atom stereocenters. The number of nitrogens with one attached hydrogen (secondary N) is 2. The molecule has 1 aromatic heterocycles. The zero-order valence-corrected chi connectivity index (χ0v) is 19.9. The summed E-state index contributed by atoms with van der Waals surface area (Å²) < 4.78 is 5.14. The molecule has 2 N–H and O–H groups in total. The van der Waals surface area contributed by atoms with Crippen LogP contribution in [0.25, 0.3) is 0 Å². The number of amides is 2. The van der Waals surface area contributed by atoms with Gasteiger partial charge >= 0.3 is 6.09 Å². The standard InChI is InChI=1S/C24H32N4O3S/c1-4-12-27(13-5-2)17-9-7-16(8-10-17)21-25-22(29)20-18-11-14-28(24(30)31-6-3)15-19(18)32-23(20)26-21/h7-10,21,26H,4-6,11-15H2,1-3H3,(H,25,29)/t21-/m0/s1. The molecule has 7 nitrogen and oxygen atoms in total. The maximum atomic E-state index is 13.0. The van der Waals surface area contributed by atoms with Gasteiger partial charge in [-0.15, -0.1) is 11.3 Å². The SMILES string of the molecule is CCCN(CCC)c1ccc([C@H]2NC(=O)c3c(sc4c3CCN(C(=O)OCC)C4)N2)cc1. The summed E-state index contributed by atoms with van der Waals surface area (Å²) in [5.74, 6) is -0.0477. The van der Waals surface area contributed by atoms with Crippen LogP contribution in [0.2, 0.25) is 0 Å². The lowest BCUT2D eigenvalue weighted by atomic mass is 10.0. The number of carbonyl (C=O) groups excluding carboxylic acids is 2. The Morgan fingerprint density at radius 2 is 1.88 bits per heavy atom. The number of thiophene rings is 1. The fourth-order valence-electron chi connectivity index (χ4n) is 4.44. The molecule has 0 bridgehead atoms. The molecular formula is C24H32N4O3S. The minimum atomic E-state index is -0.292. The van der Waals surface area contributed by atoms with Gasteiger partial charge in [0.25, 0.3) is 5.91 Å². The van der Waals surface area contributed by atoms with Gasteiger partial charge in [-0.2, -0.15) is 0 Å².